The molecule has 5 nitrogen and oxygen atoms in total. The number of halogens is 3. The molecule has 0 unspecified atom stereocenters. The summed E-state index contributed by atoms with van der Waals surface area (Å²) in [5.41, 5.74) is -0.141. The number of carbonyl (C=O) groups is 2. The van der Waals surface area contributed by atoms with E-state index in [-0.39, 0.29) is 11.6 Å². The Morgan fingerprint density at radius 3 is 2.57 bits per heavy atom. The first-order valence-corrected chi connectivity index (χ1v) is 10.4. The van der Waals surface area contributed by atoms with Crippen LogP contribution in [0.3, 0.4) is 0 Å². The lowest BCUT2D eigenvalue weighted by Gasteiger charge is -2.23. The number of hydrogen-bond acceptors (Lipinski definition) is 5. The first-order chi connectivity index (χ1) is 14.3. The van der Waals surface area contributed by atoms with E-state index in [0.717, 1.165) is 59.3 Å². The Hall–Kier alpha value is -2.81. The summed E-state index contributed by atoms with van der Waals surface area (Å²) in [6.07, 6.45) is 0.00866. The zero-order chi connectivity index (χ0) is 21.3. The maximum Gasteiger partial charge on any atom is 0.433 e. The second-order valence-electron chi connectivity index (χ2n) is 7.34. The van der Waals surface area contributed by atoms with E-state index in [2.05, 4.69) is 15.3 Å². The second kappa shape index (κ2) is 8.14. The van der Waals surface area contributed by atoms with Gasteiger partial charge in [0, 0.05) is 17.5 Å². The molecule has 1 aliphatic carbocycles. The first kappa shape index (κ1) is 20.5. The molecule has 30 heavy (non-hydrogen) atoms. The maximum atomic E-state index is 12.8. The van der Waals surface area contributed by atoms with Gasteiger partial charge in [-0.3, -0.25) is 4.79 Å². The number of benzene rings is 1. The van der Waals surface area contributed by atoms with E-state index < -0.39 is 17.8 Å². The van der Waals surface area contributed by atoms with Gasteiger partial charge in [0.1, 0.15) is 17.7 Å². The fourth-order valence-electron chi connectivity index (χ4n) is 3.61. The molecule has 0 aliphatic heterocycles. The molecule has 1 aliphatic rings. The Labute approximate surface area is 174 Å². The van der Waals surface area contributed by atoms with Crippen LogP contribution in [0.25, 0.3) is 10.2 Å². The van der Waals surface area contributed by atoms with Crippen LogP contribution in [0, 0.1) is 5.92 Å². The predicted molar refractivity (Wildman–Crippen MR) is 108 cm³/mol. The average Bonchev–Trinajstić information content (AvgIpc) is 3.16. The number of anilines is 1. The highest BCUT2D eigenvalue weighted by Crippen LogP contribution is 2.39. The highest BCUT2D eigenvalue weighted by molar-refractivity contribution is 7.18. The van der Waals surface area contributed by atoms with Crippen molar-refractivity contribution in [3.63, 3.8) is 0 Å². The zero-order valence-electron chi connectivity index (χ0n) is 15.8. The van der Waals surface area contributed by atoms with Crippen LogP contribution in [0.5, 0.6) is 0 Å². The molecule has 1 fully saturated rings. The highest BCUT2D eigenvalue weighted by Gasteiger charge is 2.33. The van der Waals surface area contributed by atoms with Crippen LogP contribution in [0.4, 0.5) is 18.9 Å². The van der Waals surface area contributed by atoms with Crippen LogP contribution in [0.15, 0.2) is 36.4 Å². The number of rotatable bonds is 4. The number of hydrogen-bond donors (Lipinski definition) is 1. The number of amides is 1. The number of alkyl halides is 3. The van der Waals surface area contributed by atoms with Crippen molar-refractivity contribution in [1.29, 1.82) is 0 Å². The maximum absolute atomic E-state index is 12.8. The Morgan fingerprint density at radius 2 is 1.87 bits per heavy atom. The number of thiazole rings is 1. The third-order valence-corrected chi connectivity index (χ3v) is 6.43. The summed E-state index contributed by atoms with van der Waals surface area (Å²) in [4.78, 5) is 31.4. The van der Waals surface area contributed by atoms with Crippen LogP contribution in [-0.2, 0) is 11.0 Å². The van der Waals surface area contributed by atoms with Crippen molar-refractivity contribution in [2.45, 2.75) is 37.8 Å². The number of fused-ring (bicyclic) bond motifs is 1. The molecular formula is C21H18F3N3O2S. The molecule has 0 radical (unpaired) electrons. The number of nitrogens with zero attached hydrogens (tertiary/aromatic N) is 2. The topological polar surface area (TPSA) is 72.0 Å². The Bertz CT molecular complexity index is 1090. The van der Waals surface area contributed by atoms with Crippen molar-refractivity contribution in [3.05, 3.63) is 52.8 Å². The molecule has 1 aromatic carbocycles. The van der Waals surface area contributed by atoms with E-state index in [1.54, 1.807) is 29.5 Å². The van der Waals surface area contributed by atoms with Gasteiger partial charge >= 0.3 is 6.18 Å². The molecule has 0 atom stereocenters. The molecule has 0 spiro atoms. The average molecular weight is 433 g/mol. The molecule has 1 amide bonds. The SMILES string of the molecule is O=CC1CCC(c2nc3ccc(NC(=O)c4cccc(C(F)(F)F)n4)cc3s2)CC1. The zero-order valence-corrected chi connectivity index (χ0v) is 16.6. The minimum absolute atomic E-state index is 0.141. The second-order valence-corrected chi connectivity index (χ2v) is 8.40. The molecule has 1 saturated carbocycles. The molecule has 2 aromatic heterocycles. The minimum atomic E-state index is -4.61. The van der Waals surface area contributed by atoms with Gasteiger partial charge in [-0.15, -0.1) is 11.3 Å². The summed E-state index contributed by atoms with van der Waals surface area (Å²) in [5.74, 6) is -0.245. The molecule has 156 valence electrons. The molecular weight excluding hydrogens is 415 g/mol. The summed E-state index contributed by atoms with van der Waals surface area (Å²) in [6, 6.07) is 8.43. The van der Waals surface area contributed by atoms with Crippen molar-refractivity contribution in [2.24, 2.45) is 5.92 Å². The van der Waals surface area contributed by atoms with E-state index in [0.29, 0.717) is 11.6 Å². The molecule has 3 aromatic rings. The van der Waals surface area contributed by atoms with Gasteiger partial charge in [-0.05, 0) is 56.0 Å². The molecule has 1 N–H and O–H groups in total. The fraction of sp³-hybridized carbons (Fsp3) is 0.333. The third-order valence-electron chi connectivity index (χ3n) is 5.25. The van der Waals surface area contributed by atoms with Gasteiger partial charge in [-0.2, -0.15) is 13.2 Å². The van der Waals surface area contributed by atoms with Gasteiger partial charge in [0.25, 0.3) is 5.91 Å². The van der Waals surface area contributed by atoms with Crippen LogP contribution >= 0.6 is 11.3 Å². The van der Waals surface area contributed by atoms with E-state index >= 15 is 0 Å². The third kappa shape index (κ3) is 4.35. The van der Waals surface area contributed by atoms with Crippen molar-refractivity contribution in [2.75, 3.05) is 5.32 Å². The van der Waals surface area contributed by atoms with E-state index in [1.165, 1.54) is 6.07 Å². The van der Waals surface area contributed by atoms with Crippen molar-refractivity contribution >= 4 is 39.4 Å². The summed E-state index contributed by atoms with van der Waals surface area (Å²) < 4.78 is 39.3. The summed E-state index contributed by atoms with van der Waals surface area (Å²) in [7, 11) is 0. The normalized spacial score (nSPS) is 19.6. The molecule has 0 bridgehead atoms. The standard InChI is InChI=1S/C21H18F3N3O2S/c22-21(23,24)18-3-1-2-16(26-18)19(29)25-14-8-9-15-17(10-14)30-20(27-15)13-6-4-12(11-28)5-7-13/h1-3,8-13H,4-7H2,(H,25,29). The number of nitrogens with one attached hydrogen (secondary N) is 1. The van der Waals surface area contributed by atoms with Gasteiger partial charge in [-0.25, -0.2) is 9.97 Å². The quantitative estimate of drug-likeness (QED) is 0.557. The van der Waals surface area contributed by atoms with Crippen LogP contribution < -0.4 is 5.32 Å². The largest absolute Gasteiger partial charge is 0.433 e. The number of aromatic nitrogens is 2. The lowest BCUT2D eigenvalue weighted by Crippen LogP contribution is -2.16. The Balaban J connectivity index is 1.50. The van der Waals surface area contributed by atoms with E-state index in [1.807, 2.05) is 0 Å². The summed E-state index contributed by atoms with van der Waals surface area (Å²) in [6.45, 7) is 0. The molecule has 0 saturated heterocycles. The van der Waals surface area contributed by atoms with Gasteiger partial charge < -0.3 is 10.1 Å². The van der Waals surface area contributed by atoms with Crippen LogP contribution in [-0.4, -0.2) is 22.2 Å². The van der Waals surface area contributed by atoms with E-state index in [4.69, 9.17) is 0 Å². The van der Waals surface area contributed by atoms with Crippen molar-refractivity contribution in [3.8, 4) is 0 Å². The minimum Gasteiger partial charge on any atom is -0.321 e. The molecule has 4 rings (SSSR count). The number of aldehydes is 1. The van der Waals surface area contributed by atoms with Crippen LogP contribution in [0.1, 0.15) is 52.8 Å². The highest BCUT2D eigenvalue weighted by atomic mass is 32.1. The fourth-order valence-corrected chi connectivity index (χ4v) is 4.79. The monoisotopic (exact) mass is 433 g/mol. The number of carbonyl (C=O) groups excluding carboxylic acids is 2. The molecule has 2 heterocycles. The van der Waals surface area contributed by atoms with Crippen molar-refractivity contribution in [1.82, 2.24) is 9.97 Å². The lowest BCUT2D eigenvalue weighted by atomic mass is 9.83. The smallest absolute Gasteiger partial charge is 0.321 e. The lowest BCUT2D eigenvalue weighted by molar-refractivity contribution is -0.141. The van der Waals surface area contributed by atoms with E-state index in [9.17, 15) is 22.8 Å². The van der Waals surface area contributed by atoms with Gasteiger partial charge in [-0.1, -0.05) is 6.07 Å². The van der Waals surface area contributed by atoms with Gasteiger partial charge in [0.2, 0.25) is 0 Å². The van der Waals surface area contributed by atoms with Crippen molar-refractivity contribution < 1.29 is 22.8 Å². The van der Waals surface area contributed by atoms with Gasteiger partial charge in [0.15, 0.2) is 0 Å². The van der Waals surface area contributed by atoms with Gasteiger partial charge in [0.05, 0.1) is 15.2 Å². The summed E-state index contributed by atoms with van der Waals surface area (Å²) in [5, 5.41) is 3.61. The first-order valence-electron chi connectivity index (χ1n) is 9.55. The predicted octanol–water partition coefficient (Wildman–Crippen LogP) is 5.44. The molecule has 9 heteroatoms. The van der Waals surface area contributed by atoms with Crippen LogP contribution in [0.2, 0.25) is 0 Å². The Kier molecular flexibility index (Phi) is 5.55. The Morgan fingerprint density at radius 1 is 1.10 bits per heavy atom. The summed E-state index contributed by atoms with van der Waals surface area (Å²) >= 11 is 1.54. The number of pyridine rings is 1.